The van der Waals surface area contributed by atoms with E-state index in [0.29, 0.717) is 5.92 Å². The zero-order valence-electron chi connectivity index (χ0n) is 17.7. The first-order valence-electron chi connectivity index (χ1n) is 11.4. The summed E-state index contributed by atoms with van der Waals surface area (Å²) in [6.07, 6.45) is 7.07. The van der Waals surface area contributed by atoms with E-state index in [2.05, 4.69) is 28.9 Å². The SMILES string of the molecule is CC(CN1CCN(C2CCCCC2)CC1)c1cccc(C(=O)c2ccccc2)c1. The molecule has 0 radical (unpaired) electrons. The molecular weight excluding hydrogens is 356 g/mol. The van der Waals surface area contributed by atoms with E-state index in [9.17, 15) is 4.79 Å². The number of nitrogens with zero attached hydrogens (tertiary/aromatic N) is 2. The number of carbonyl (C=O) groups is 1. The normalized spacial score (nSPS) is 20.4. The third kappa shape index (κ3) is 5.15. The number of rotatable bonds is 6. The van der Waals surface area contributed by atoms with Crippen LogP contribution in [0.2, 0.25) is 0 Å². The molecular formula is C26H34N2O. The molecule has 2 aromatic carbocycles. The van der Waals surface area contributed by atoms with E-state index in [0.717, 1.165) is 23.7 Å². The van der Waals surface area contributed by atoms with Gasteiger partial charge in [-0.25, -0.2) is 0 Å². The molecule has 0 spiro atoms. The first-order chi connectivity index (χ1) is 14.2. The summed E-state index contributed by atoms with van der Waals surface area (Å²) in [5, 5.41) is 0. The van der Waals surface area contributed by atoms with Gasteiger partial charge in [-0.1, -0.05) is 74.7 Å². The molecule has 1 aliphatic heterocycles. The average Bonchev–Trinajstić information content (AvgIpc) is 2.80. The van der Waals surface area contributed by atoms with Crippen molar-refractivity contribution in [2.75, 3.05) is 32.7 Å². The minimum absolute atomic E-state index is 0.112. The van der Waals surface area contributed by atoms with Crippen LogP contribution >= 0.6 is 0 Å². The maximum absolute atomic E-state index is 12.8. The summed E-state index contributed by atoms with van der Waals surface area (Å²) in [5.74, 6) is 0.542. The summed E-state index contributed by atoms with van der Waals surface area (Å²) >= 11 is 0. The Morgan fingerprint density at radius 2 is 1.59 bits per heavy atom. The van der Waals surface area contributed by atoms with Gasteiger partial charge in [0.1, 0.15) is 0 Å². The van der Waals surface area contributed by atoms with Gasteiger partial charge in [-0.05, 0) is 30.4 Å². The van der Waals surface area contributed by atoms with Gasteiger partial charge in [-0.2, -0.15) is 0 Å². The fraction of sp³-hybridized carbons (Fsp3) is 0.500. The molecule has 154 valence electrons. The van der Waals surface area contributed by atoms with E-state index in [1.807, 2.05) is 42.5 Å². The summed E-state index contributed by atoms with van der Waals surface area (Å²) in [7, 11) is 0. The Bertz CT molecular complexity index is 789. The van der Waals surface area contributed by atoms with E-state index in [4.69, 9.17) is 0 Å². The van der Waals surface area contributed by atoms with Crippen molar-refractivity contribution in [3.63, 3.8) is 0 Å². The maximum atomic E-state index is 12.8. The molecule has 2 aliphatic rings. The molecule has 1 saturated carbocycles. The molecule has 1 aliphatic carbocycles. The van der Waals surface area contributed by atoms with Crippen molar-refractivity contribution >= 4 is 5.78 Å². The Balaban J connectivity index is 1.33. The molecule has 1 atom stereocenters. The highest BCUT2D eigenvalue weighted by Gasteiger charge is 2.25. The largest absolute Gasteiger partial charge is 0.300 e. The first kappa shape index (κ1) is 20.3. The third-order valence-electron chi connectivity index (χ3n) is 6.78. The molecule has 1 heterocycles. The lowest BCUT2D eigenvalue weighted by atomic mass is 9.93. The topological polar surface area (TPSA) is 23.6 Å². The molecule has 1 unspecified atom stereocenters. The molecule has 0 N–H and O–H groups in total. The van der Waals surface area contributed by atoms with Crippen molar-refractivity contribution in [3.05, 3.63) is 71.3 Å². The molecule has 0 aromatic heterocycles. The predicted molar refractivity (Wildman–Crippen MR) is 120 cm³/mol. The molecule has 0 amide bonds. The Hall–Kier alpha value is -1.97. The molecule has 3 heteroatoms. The van der Waals surface area contributed by atoms with E-state index < -0.39 is 0 Å². The number of ketones is 1. The van der Waals surface area contributed by atoms with E-state index in [1.54, 1.807) is 0 Å². The van der Waals surface area contributed by atoms with Gasteiger partial charge in [0.15, 0.2) is 5.78 Å². The Morgan fingerprint density at radius 3 is 2.31 bits per heavy atom. The summed E-state index contributed by atoms with van der Waals surface area (Å²) in [5.41, 5.74) is 2.82. The van der Waals surface area contributed by atoms with Gasteiger partial charge in [-0.15, -0.1) is 0 Å². The van der Waals surface area contributed by atoms with Crippen LogP contribution in [0.15, 0.2) is 54.6 Å². The number of hydrogen-bond acceptors (Lipinski definition) is 3. The molecule has 2 fully saturated rings. The molecule has 2 aromatic rings. The van der Waals surface area contributed by atoms with Crippen LogP contribution in [0.5, 0.6) is 0 Å². The van der Waals surface area contributed by atoms with Crippen molar-refractivity contribution in [2.45, 2.75) is 51.0 Å². The van der Waals surface area contributed by atoms with Crippen LogP contribution in [0, 0.1) is 0 Å². The fourth-order valence-electron chi connectivity index (χ4n) is 4.99. The zero-order chi connectivity index (χ0) is 20.1. The smallest absolute Gasteiger partial charge is 0.193 e. The molecule has 1 saturated heterocycles. The van der Waals surface area contributed by atoms with Crippen LogP contribution < -0.4 is 0 Å². The van der Waals surface area contributed by atoms with Gasteiger partial charge < -0.3 is 4.90 Å². The van der Waals surface area contributed by atoms with Gasteiger partial charge in [0.2, 0.25) is 0 Å². The van der Waals surface area contributed by atoms with Gasteiger partial charge in [-0.3, -0.25) is 9.69 Å². The number of carbonyl (C=O) groups excluding carboxylic acids is 1. The number of piperazine rings is 1. The van der Waals surface area contributed by atoms with Crippen molar-refractivity contribution in [2.24, 2.45) is 0 Å². The minimum Gasteiger partial charge on any atom is -0.300 e. The van der Waals surface area contributed by atoms with Crippen LogP contribution in [0.4, 0.5) is 0 Å². The standard InChI is InChI=1S/C26H34N2O/c1-21(20-27-15-17-28(18-16-27)25-13-6-3-7-14-25)23-11-8-12-24(19-23)26(29)22-9-4-2-5-10-22/h2,4-5,8-12,19,21,25H,3,6-7,13-18,20H2,1H3. The summed E-state index contributed by atoms with van der Waals surface area (Å²) in [4.78, 5) is 18.1. The van der Waals surface area contributed by atoms with Crippen LogP contribution in [0.25, 0.3) is 0 Å². The van der Waals surface area contributed by atoms with Crippen molar-refractivity contribution in [3.8, 4) is 0 Å². The zero-order valence-corrected chi connectivity index (χ0v) is 17.7. The molecule has 3 nitrogen and oxygen atoms in total. The van der Waals surface area contributed by atoms with Crippen LogP contribution in [0.1, 0.15) is 66.4 Å². The van der Waals surface area contributed by atoms with Crippen molar-refractivity contribution in [1.82, 2.24) is 9.80 Å². The highest BCUT2D eigenvalue weighted by atomic mass is 16.1. The second kappa shape index (κ2) is 9.69. The number of hydrogen-bond donors (Lipinski definition) is 0. The third-order valence-corrected chi connectivity index (χ3v) is 6.78. The lowest BCUT2D eigenvalue weighted by Gasteiger charge is -2.41. The predicted octanol–water partition coefficient (Wildman–Crippen LogP) is 4.97. The lowest BCUT2D eigenvalue weighted by molar-refractivity contribution is 0.0766. The highest BCUT2D eigenvalue weighted by molar-refractivity contribution is 6.09. The Kier molecular flexibility index (Phi) is 6.78. The van der Waals surface area contributed by atoms with Gasteiger partial charge in [0.25, 0.3) is 0 Å². The van der Waals surface area contributed by atoms with Gasteiger partial charge in [0, 0.05) is 49.9 Å². The Morgan fingerprint density at radius 1 is 0.897 bits per heavy atom. The molecule has 0 bridgehead atoms. The van der Waals surface area contributed by atoms with Crippen LogP contribution in [0.3, 0.4) is 0 Å². The van der Waals surface area contributed by atoms with Gasteiger partial charge in [0.05, 0.1) is 0 Å². The van der Waals surface area contributed by atoms with Crippen LogP contribution in [-0.4, -0.2) is 54.3 Å². The van der Waals surface area contributed by atoms with Gasteiger partial charge >= 0.3 is 0 Å². The lowest BCUT2D eigenvalue weighted by Crippen LogP contribution is -2.51. The van der Waals surface area contributed by atoms with Crippen molar-refractivity contribution < 1.29 is 4.79 Å². The fourth-order valence-corrected chi connectivity index (χ4v) is 4.99. The highest BCUT2D eigenvalue weighted by Crippen LogP contribution is 2.25. The van der Waals surface area contributed by atoms with E-state index in [1.165, 1.54) is 63.8 Å². The van der Waals surface area contributed by atoms with E-state index >= 15 is 0 Å². The summed E-state index contributed by atoms with van der Waals surface area (Å²) in [6, 6.07) is 18.7. The summed E-state index contributed by atoms with van der Waals surface area (Å²) < 4.78 is 0. The first-order valence-corrected chi connectivity index (χ1v) is 11.4. The van der Waals surface area contributed by atoms with E-state index in [-0.39, 0.29) is 5.78 Å². The molecule has 4 rings (SSSR count). The second-order valence-corrected chi connectivity index (χ2v) is 8.85. The quantitative estimate of drug-likeness (QED) is 0.651. The average molecular weight is 391 g/mol. The molecule has 29 heavy (non-hydrogen) atoms. The van der Waals surface area contributed by atoms with Crippen LogP contribution in [-0.2, 0) is 0 Å². The number of benzene rings is 2. The summed E-state index contributed by atoms with van der Waals surface area (Å²) in [6.45, 7) is 8.13. The second-order valence-electron chi connectivity index (χ2n) is 8.85. The minimum atomic E-state index is 0.112. The Labute approximate surface area is 175 Å². The maximum Gasteiger partial charge on any atom is 0.193 e. The monoisotopic (exact) mass is 390 g/mol. The van der Waals surface area contributed by atoms with Crippen molar-refractivity contribution in [1.29, 1.82) is 0 Å².